The van der Waals surface area contributed by atoms with E-state index in [9.17, 15) is 27.2 Å². The second-order valence-corrected chi connectivity index (χ2v) is 7.16. The lowest BCUT2D eigenvalue weighted by Gasteiger charge is -2.18. The van der Waals surface area contributed by atoms with Gasteiger partial charge in [-0.15, -0.1) is 13.2 Å². The van der Waals surface area contributed by atoms with Crippen LogP contribution in [0.3, 0.4) is 0 Å². The molecular weight excluding hydrogens is 394 g/mol. The summed E-state index contributed by atoms with van der Waals surface area (Å²) in [4.78, 5) is 32.7. The number of aromatic amines is 1. The van der Waals surface area contributed by atoms with Crippen LogP contribution < -0.4 is 15.2 Å². The average Bonchev–Trinajstić information content (AvgIpc) is 3.44. The van der Waals surface area contributed by atoms with Gasteiger partial charge in [0, 0.05) is 26.6 Å². The van der Waals surface area contributed by atoms with Crippen LogP contribution in [0.1, 0.15) is 41.2 Å². The number of halogens is 4. The zero-order valence-electron chi connectivity index (χ0n) is 15.7. The van der Waals surface area contributed by atoms with Crippen molar-refractivity contribution in [1.82, 2.24) is 9.97 Å². The first kappa shape index (κ1) is 20.8. The predicted molar refractivity (Wildman–Crippen MR) is 96.7 cm³/mol. The summed E-state index contributed by atoms with van der Waals surface area (Å²) in [7, 11) is 3.32. The average molecular weight is 413 g/mol. The molecule has 1 atom stereocenters. The highest BCUT2D eigenvalue weighted by Gasteiger charge is 2.36. The molecule has 1 fully saturated rings. The number of rotatable bonds is 7. The van der Waals surface area contributed by atoms with Crippen LogP contribution >= 0.6 is 0 Å². The number of alkyl halides is 3. The minimum absolute atomic E-state index is 0.0133. The Morgan fingerprint density at radius 3 is 2.55 bits per heavy atom. The molecule has 1 aliphatic carbocycles. The number of benzene rings is 1. The lowest BCUT2D eigenvalue weighted by atomic mass is 9.88. The smallest absolute Gasteiger partial charge is 0.403 e. The molecule has 10 heteroatoms. The molecule has 0 bridgehead atoms. The van der Waals surface area contributed by atoms with Gasteiger partial charge in [0.25, 0.3) is 5.56 Å². The number of ether oxygens (including phenoxy) is 1. The number of anilines is 1. The van der Waals surface area contributed by atoms with E-state index >= 15 is 0 Å². The minimum Gasteiger partial charge on any atom is -0.403 e. The molecule has 0 spiro atoms. The van der Waals surface area contributed by atoms with Gasteiger partial charge >= 0.3 is 6.36 Å². The van der Waals surface area contributed by atoms with Crippen LogP contribution in [0, 0.1) is 11.7 Å². The summed E-state index contributed by atoms with van der Waals surface area (Å²) >= 11 is 0. The zero-order valence-corrected chi connectivity index (χ0v) is 15.7. The molecule has 1 aliphatic rings. The molecule has 1 N–H and O–H groups in total. The van der Waals surface area contributed by atoms with Crippen molar-refractivity contribution in [3.8, 4) is 5.75 Å². The van der Waals surface area contributed by atoms with Crippen molar-refractivity contribution in [2.45, 2.75) is 31.5 Å². The Kier molecular flexibility index (Phi) is 5.63. The van der Waals surface area contributed by atoms with Crippen LogP contribution in [0.25, 0.3) is 0 Å². The van der Waals surface area contributed by atoms with Gasteiger partial charge in [0.15, 0.2) is 17.3 Å². The summed E-state index contributed by atoms with van der Waals surface area (Å²) < 4.78 is 54.7. The highest BCUT2D eigenvalue weighted by Crippen LogP contribution is 2.45. The second kappa shape index (κ2) is 7.84. The first-order valence-electron chi connectivity index (χ1n) is 8.90. The molecule has 2 aromatic rings. The van der Waals surface area contributed by atoms with E-state index < -0.39 is 29.3 Å². The number of hydrogen-bond donors (Lipinski definition) is 1. The van der Waals surface area contributed by atoms with E-state index in [1.807, 2.05) is 0 Å². The van der Waals surface area contributed by atoms with Gasteiger partial charge < -0.3 is 9.64 Å². The van der Waals surface area contributed by atoms with Crippen LogP contribution in [0.15, 0.2) is 29.1 Å². The maximum Gasteiger partial charge on any atom is 0.573 e. The van der Waals surface area contributed by atoms with E-state index in [0.717, 1.165) is 31.0 Å². The molecule has 0 aliphatic heterocycles. The van der Waals surface area contributed by atoms with Crippen molar-refractivity contribution >= 4 is 11.7 Å². The minimum atomic E-state index is -5.00. The SMILES string of the molecule is CN(C)c1nc(C(=O)C[C@@H](c2ccc(OC(F)(F)F)c(F)c2)C2CC2)cc(=O)[nH]1. The Labute approximate surface area is 163 Å². The van der Waals surface area contributed by atoms with Crippen LogP contribution in [0.5, 0.6) is 5.75 Å². The van der Waals surface area contributed by atoms with E-state index in [1.54, 1.807) is 19.0 Å². The van der Waals surface area contributed by atoms with Crippen LogP contribution in [0.4, 0.5) is 23.5 Å². The van der Waals surface area contributed by atoms with Gasteiger partial charge in [-0.05, 0) is 42.4 Å². The summed E-state index contributed by atoms with van der Waals surface area (Å²) in [6.45, 7) is 0. The Balaban J connectivity index is 1.84. The monoisotopic (exact) mass is 413 g/mol. The van der Waals surface area contributed by atoms with E-state index in [1.165, 1.54) is 6.07 Å². The van der Waals surface area contributed by atoms with E-state index in [4.69, 9.17) is 0 Å². The molecule has 1 aromatic carbocycles. The van der Waals surface area contributed by atoms with Crippen molar-refractivity contribution in [1.29, 1.82) is 0 Å². The molecule has 0 saturated heterocycles. The van der Waals surface area contributed by atoms with E-state index in [2.05, 4.69) is 14.7 Å². The van der Waals surface area contributed by atoms with Gasteiger partial charge in [-0.25, -0.2) is 9.37 Å². The molecule has 29 heavy (non-hydrogen) atoms. The van der Waals surface area contributed by atoms with Gasteiger partial charge in [0.2, 0.25) is 5.95 Å². The fraction of sp³-hybridized carbons (Fsp3) is 0.421. The number of H-pyrrole nitrogens is 1. The van der Waals surface area contributed by atoms with Crippen LogP contribution in [-0.2, 0) is 0 Å². The van der Waals surface area contributed by atoms with Crippen molar-refractivity contribution in [3.05, 3.63) is 51.7 Å². The summed E-state index contributed by atoms with van der Waals surface area (Å²) in [6.07, 6.45) is -3.38. The van der Waals surface area contributed by atoms with Gasteiger partial charge in [-0.2, -0.15) is 0 Å². The van der Waals surface area contributed by atoms with Gasteiger partial charge in [-0.3, -0.25) is 14.6 Å². The number of aromatic nitrogens is 2. The largest absolute Gasteiger partial charge is 0.573 e. The Hall–Kier alpha value is -2.91. The predicted octanol–water partition coefficient (Wildman–Crippen LogP) is 3.64. The number of carbonyl (C=O) groups excluding carboxylic acids is 1. The fourth-order valence-electron chi connectivity index (χ4n) is 3.11. The van der Waals surface area contributed by atoms with Crippen molar-refractivity contribution in [3.63, 3.8) is 0 Å². The third-order valence-corrected chi connectivity index (χ3v) is 4.64. The van der Waals surface area contributed by atoms with Gasteiger partial charge in [0.1, 0.15) is 5.69 Å². The Bertz CT molecular complexity index is 968. The number of nitrogens with one attached hydrogen (secondary N) is 1. The third kappa shape index (κ3) is 5.33. The van der Waals surface area contributed by atoms with Crippen molar-refractivity contribution in [2.24, 2.45) is 5.92 Å². The van der Waals surface area contributed by atoms with Crippen molar-refractivity contribution < 1.29 is 27.1 Å². The normalized spacial score (nSPS) is 15.1. The van der Waals surface area contributed by atoms with Crippen LogP contribution in [0.2, 0.25) is 0 Å². The first-order chi connectivity index (χ1) is 13.5. The molecule has 1 saturated carbocycles. The molecule has 1 heterocycles. The summed E-state index contributed by atoms with van der Waals surface area (Å²) in [6, 6.07) is 4.30. The van der Waals surface area contributed by atoms with E-state index in [0.29, 0.717) is 5.56 Å². The highest BCUT2D eigenvalue weighted by atomic mass is 19.4. The summed E-state index contributed by atoms with van der Waals surface area (Å²) in [5.41, 5.74) is -0.0825. The Morgan fingerprint density at radius 2 is 2.00 bits per heavy atom. The number of hydrogen-bond acceptors (Lipinski definition) is 5. The maximum atomic E-state index is 14.1. The molecular formula is C19H19F4N3O3. The fourth-order valence-corrected chi connectivity index (χ4v) is 3.11. The molecule has 0 radical (unpaired) electrons. The van der Waals surface area contributed by atoms with Gasteiger partial charge in [0.05, 0.1) is 0 Å². The molecule has 0 unspecified atom stereocenters. The Morgan fingerprint density at radius 1 is 1.31 bits per heavy atom. The third-order valence-electron chi connectivity index (χ3n) is 4.64. The molecule has 3 rings (SSSR count). The number of Topliss-reactive ketones (excluding diaryl/α,β-unsaturated/α-hetero) is 1. The molecule has 0 amide bonds. The number of ketones is 1. The second-order valence-electron chi connectivity index (χ2n) is 7.16. The van der Waals surface area contributed by atoms with Crippen LogP contribution in [-0.4, -0.2) is 36.2 Å². The van der Waals surface area contributed by atoms with Crippen molar-refractivity contribution in [2.75, 3.05) is 19.0 Å². The molecule has 6 nitrogen and oxygen atoms in total. The topological polar surface area (TPSA) is 75.3 Å². The highest BCUT2D eigenvalue weighted by molar-refractivity contribution is 5.95. The number of carbonyl (C=O) groups is 1. The summed E-state index contributed by atoms with van der Waals surface area (Å²) in [5.74, 6) is -2.52. The first-order valence-corrected chi connectivity index (χ1v) is 8.90. The van der Waals surface area contributed by atoms with E-state index in [-0.39, 0.29) is 29.9 Å². The zero-order chi connectivity index (χ0) is 21.3. The molecule has 156 valence electrons. The standard InChI is InChI=1S/C19H19F4N3O3/c1-26(2)18-24-14(9-17(28)25-18)15(27)8-12(10-3-4-10)11-5-6-16(13(20)7-11)29-19(21,22)23/h5-7,9-10,12H,3-4,8H2,1-2H3,(H,24,25,28)/t12-/m1/s1. The molecule has 1 aromatic heterocycles. The number of nitrogens with zero attached hydrogens (tertiary/aromatic N) is 2. The lowest BCUT2D eigenvalue weighted by molar-refractivity contribution is -0.275. The van der Waals surface area contributed by atoms with Gasteiger partial charge in [-0.1, -0.05) is 6.07 Å². The maximum absolute atomic E-state index is 14.1. The lowest BCUT2D eigenvalue weighted by Crippen LogP contribution is -2.22. The quantitative estimate of drug-likeness (QED) is 0.554. The summed E-state index contributed by atoms with van der Waals surface area (Å²) in [5, 5.41) is 0.